The van der Waals surface area contributed by atoms with Crippen molar-refractivity contribution in [3.63, 3.8) is 0 Å². The van der Waals surface area contributed by atoms with E-state index >= 15 is 0 Å². The van der Waals surface area contributed by atoms with E-state index in [-0.39, 0.29) is 12.7 Å². The van der Waals surface area contributed by atoms with E-state index in [2.05, 4.69) is 21.0 Å². The molecule has 0 radical (unpaired) electrons. The lowest BCUT2D eigenvalue weighted by atomic mass is 10.0. The molecule has 0 aromatic heterocycles. The van der Waals surface area contributed by atoms with Crippen LogP contribution in [-0.4, -0.2) is 54.6 Å². The quantitative estimate of drug-likeness (QED) is 0.304. The molecule has 1 atom stereocenters. The second kappa shape index (κ2) is 15.4. The Bertz CT molecular complexity index is 244. The monoisotopic (exact) mass is 330 g/mol. The molecular formula is C20H44NO2+. The summed E-state index contributed by atoms with van der Waals surface area (Å²) >= 11 is 0. The number of unbranched alkanes of at least 4 members (excludes halogenated alkanes) is 11. The maximum atomic E-state index is 10.1. The Morgan fingerprint density at radius 3 is 1.61 bits per heavy atom. The first-order chi connectivity index (χ1) is 11.0. The van der Waals surface area contributed by atoms with Crippen LogP contribution in [0.25, 0.3) is 0 Å². The van der Waals surface area contributed by atoms with Gasteiger partial charge in [0.25, 0.3) is 0 Å². The zero-order chi connectivity index (χ0) is 17.4. The number of hydrogen-bond donors (Lipinski definition) is 2. The molecule has 0 bridgehead atoms. The van der Waals surface area contributed by atoms with Crippen LogP contribution < -0.4 is 0 Å². The molecule has 0 aliphatic rings. The summed E-state index contributed by atoms with van der Waals surface area (Å²) in [5.74, 6) is 0. The van der Waals surface area contributed by atoms with Crippen molar-refractivity contribution in [2.24, 2.45) is 0 Å². The van der Waals surface area contributed by atoms with Gasteiger partial charge in [-0.2, -0.15) is 0 Å². The number of nitrogens with zero attached hydrogens (tertiary/aromatic N) is 1. The van der Waals surface area contributed by atoms with E-state index in [0.717, 1.165) is 25.9 Å². The summed E-state index contributed by atoms with van der Waals surface area (Å²) in [4.78, 5) is 0. The van der Waals surface area contributed by atoms with Crippen molar-refractivity contribution in [2.45, 2.75) is 96.5 Å². The Kier molecular flexibility index (Phi) is 15.3. The van der Waals surface area contributed by atoms with Gasteiger partial charge in [0.1, 0.15) is 19.2 Å². The van der Waals surface area contributed by atoms with E-state index < -0.39 is 0 Å². The first-order valence-corrected chi connectivity index (χ1v) is 10.1. The lowest BCUT2D eigenvalue weighted by Gasteiger charge is -2.31. The van der Waals surface area contributed by atoms with E-state index in [1.807, 2.05) is 0 Å². The third-order valence-corrected chi connectivity index (χ3v) is 4.80. The summed E-state index contributed by atoms with van der Waals surface area (Å²) in [6, 6.07) is 0. The van der Waals surface area contributed by atoms with Crippen molar-refractivity contribution in [1.82, 2.24) is 0 Å². The molecule has 0 saturated carbocycles. The van der Waals surface area contributed by atoms with Crippen LogP contribution in [0.3, 0.4) is 0 Å². The molecule has 0 heterocycles. The van der Waals surface area contributed by atoms with E-state index in [0.29, 0.717) is 4.48 Å². The largest absolute Gasteiger partial charge is 0.391 e. The van der Waals surface area contributed by atoms with Crippen molar-refractivity contribution >= 4 is 0 Å². The molecule has 0 aliphatic carbocycles. The molecule has 0 aliphatic heterocycles. The van der Waals surface area contributed by atoms with E-state index in [1.165, 1.54) is 70.6 Å². The Morgan fingerprint density at radius 2 is 1.17 bits per heavy atom. The second-order valence-electron chi connectivity index (χ2n) is 7.90. The molecule has 3 heteroatoms. The number of aliphatic hydroxyl groups excluding tert-OH is 2. The highest BCUT2D eigenvalue weighted by molar-refractivity contribution is 4.56. The van der Waals surface area contributed by atoms with Crippen molar-refractivity contribution in [3.8, 4) is 0 Å². The van der Waals surface area contributed by atoms with Crippen LogP contribution in [-0.2, 0) is 0 Å². The van der Waals surface area contributed by atoms with Crippen LogP contribution in [0.1, 0.15) is 90.4 Å². The van der Waals surface area contributed by atoms with Gasteiger partial charge in [-0.15, -0.1) is 0 Å². The van der Waals surface area contributed by atoms with Gasteiger partial charge in [-0.1, -0.05) is 84.0 Å². The predicted molar refractivity (Wildman–Crippen MR) is 101 cm³/mol. The summed E-state index contributed by atoms with van der Waals surface area (Å²) in [7, 11) is 4.14. The molecule has 0 amide bonds. The van der Waals surface area contributed by atoms with Crippen LogP contribution >= 0.6 is 0 Å². The van der Waals surface area contributed by atoms with Gasteiger partial charge in [-0.05, 0) is 6.42 Å². The molecule has 0 spiro atoms. The Hall–Kier alpha value is -0.120. The van der Waals surface area contributed by atoms with Crippen LogP contribution in [0.2, 0.25) is 0 Å². The standard InChI is InChI=1S/C20H44NO2/c1-4-5-6-7-8-9-10-11-12-13-14-15-16-20(23)19-21(2,3)17-18-22/h20,22-23H,4-19H2,1-3H3/q+1/t20-/m0/s1. The number of rotatable bonds is 17. The van der Waals surface area contributed by atoms with Gasteiger partial charge in [-0.25, -0.2) is 0 Å². The fourth-order valence-corrected chi connectivity index (χ4v) is 3.24. The highest BCUT2D eigenvalue weighted by Crippen LogP contribution is 2.13. The maximum absolute atomic E-state index is 10.1. The molecule has 2 N–H and O–H groups in total. The van der Waals surface area contributed by atoms with Gasteiger partial charge in [-0.3, -0.25) is 0 Å². The van der Waals surface area contributed by atoms with Gasteiger partial charge < -0.3 is 14.7 Å². The number of aliphatic hydroxyl groups is 2. The second-order valence-corrected chi connectivity index (χ2v) is 7.90. The Morgan fingerprint density at radius 1 is 0.739 bits per heavy atom. The number of hydrogen-bond acceptors (Lipinski definition) is 2. The fraction of sp³-hybridized carbons (Fsp3) is 1.00. The van der Waals surface area contributed by atoms with Gasteiger partial charge in [0.2, 0.25) is 0 Å². The van der Waals surface area contributed by atoms with E-state index in [1.54, 1.807) is 0 Å². The third-order valence-electron chi connectivity index (χ3n) is 4.80. The molecule has 140 valence electrons. The van der Waals surface area contributed by atoms with Crippen LogP contribution in [0, 0.1) is 0 Å². The Labute approximate surface area is 145 Å². The first-order valence-electron chi connectivity index (χ1n) is 10.1. The average molecular weight is 331 g/mol. The average Bonchev–Trinajstić information content (AvgIpc) is 2.47. The van der Waals surface area contributed by atoms with Crippen molar-refractivity contribution < 1.29 is 14.7 Å². The van der Waals surface area contributed by atoms with Gasteiger partial charge in [0.15, 0.2) is 0 Å². The smallest absolute Gasteiger partial charge is 0.105 e. The minimum absolute atomic E-state index is 0.193. The molecule has 0 rings (SSSR count). The van der Waals surface area contributed by atoms with Crippen LogP contribution in [0.15, 0.2) is 0 Å². The molecule has 0 fully saturated rings. The summed E-state index contributed by atoms with van der Waals surface area (Å²) < 4.78 is 0.704. The van der Waals surface area contributed by atoms with Crippen LogP contribution in [0.5, 0.6) is 0 Å². The first kappa shape index (κ1) is 22.9. The lowest BCUT2D eigenvalue weighted by molar-refractivity contribution is -0.893. The molecular weight excluding hydrogens is 286 g/mol. The molecule has 0 unspecified atom stereocenters. The summed E-state index contributed by atoms with van der Waals surface area (Å²) in [6.45, 7) is 3.93. The van der Waals surface area contributed by atoms with Crippen molar-refractivity contribution in [3.05, 3.63) is 0 Å². The third kappa shape index (κ3) is 16.5. The summed E-state index contributed by atoms with van der Waals surface area (Å²) in [5.41, 5.74) is 0. The minimum atomic E-state index is -0.223. The maximum Gasteiger partial charge on any atom is 0.105 e. The molecule has 0 aromatic carbocycles. The minimum Gasteiger partial charge on any atom is -0.391 e. The highest BCUT2D eigenvalue weighted by atomic mass is 16.3. The molecule has 23 heavy (non-hydrogen) atoms. The zero-order valence-electron chi connectivity index (χ0n) is 16.2. The molecule has 0 saturated heterocycles. The van der Waals surface area contributed by atoms with E-state index in [4.69, 9.17) is 5.11 Å². The number of likely N-dealkylation sites (N-methyl/N-ethyl adjacent to an activating group) is 1. The van der Waals surface area contributed by atoms with Crippen molar-refractivity contribution in [1.29, 1.82) is 0 Å². The lowest BCUT2D eigenvalue weighted by Crippen LogP contribution is -2.47. The molecule has 3 nitrogen and oxygen atoms in total. The zero-order valence-corrected chi connectivity index (χ0v) is 16.2. The topological polar surface area (TPSA) is 40.5 Å². The van der Waals surface area contributed by atoms with Gasteiger partial charge >= 0.3 is 0 Å². The SMILES string of the molecule is CCCCCCCCCCCCCC[C@H](O)C[N+](C)(C)CCO. The normalized spacial score (nSPS) is 13.4. The van der Waals surface area contributed by atoms with Crippen LogP contribution in [0.4, 0.5) is 0 Å². The Balaban J connectivity index is 3.29. The van der Waals surface area contributed by atoms with E-state index in [9.17, 15) is 5.11 Å². The van der Waals surface area contributed by atoms with Crippen molar-refractivity contribution in [2.75, 3.05) is 33.8 Å². The highest BCUT2D eigenvalue weighted by Gasteiger charge is 2.19. The fourth-order valence-electron chi connectivity index (χ4n) is 3.24. The predicted octanol–water partition coefficient (Wildman–Crippen LogP) is 4.51. The summed E-state index contributed by atoms with van der Waals surface area (Å²) in [6.07, 6.45) is 17.0. The number of quaternary nitrogens is 1. The summed E-state index contributed by atoms with van der Waals surface area (Å²) in [5, 5.41) is 19.1. The van der Waals surface area contributed by atoms with Gasteiger partial charge in [0, 0.05) is 0 Å². The van der Waals surface area contributed by atoms with Gasteiger partial charge in [0.05, 0.1) is 20.7 Å². The molecule has 0 aromatic rings.